The Kier molecular flexibility index (Phi) is 7.78. The minimum absolute atomic E-state index is 0.0177. The molecular weight excluding hydrogens is 498 g/mol. The number of likely N-dealkylation sites (tertiary alicyclic amines) is 1. The highest BCUT2D eigenvalue weighted by atomic mass is 16.2. The number of ketones is 1. The zero-order valence-corrected chi connectivity index (χ0v) is 22.8. The van der Waals surface area contributed by atoms with Crippen LogP contribution in [-0.2, 0) is 9.59 Å². The molecule has 206 valence electrons. The van der Waals surface area contributed by atoms with Gasteiger partial charge in [-0.15, -0.1) is 0 Å². The molecular formula is C34H37N3O3. The molecule has 0 radical (unpaired) electrons. The van der Waals surface area contributed by atoms with E-state index in [0.717, 1.165) is 49.9 Å². The van der Waals surface area contributed by atoms with Crippen molar-refractivity contribution in [2.45, 2.75) is 43.7 Å². The summed E-state index contributed by atoms with van der Waals surface area (Å²) in [6.07, 6.45) is 3.70. The summed E-state index contributed by atoms with van der Waals surface area (Å²) in [6.45, 7) is 2.63. The highest BCUT2D eigenvalue weighted by molar-refractivity contribution is 6.02. The molecule has 2 saturated heterocycles. The highest BCUT2D eigenvalue weighted by Gasteiger charge is 2.58. The summed E-state index contributed by atoms with van der Waals surface area (Å²) in [5, 5.41) is 3.34. The maximum Gasteiger partial charge on any atom is 0.246 e. The molecule has 0 spiro atoms. The van der Waals surface area contributed by atoms with Crippen molar-refractivity contribution in [2.75, 3.05) is 26.2 Å². The van der Waals surface area contributed by atoms with Crippen LogP contribution in [0.15, 0.2) is 91.0 Å². The summed E-state index contributed by atoms with van der Waals surface area (Å²) < 4.78 is 0. The lowest BCUT2D eigenvalue weighted by Crippen LogP contribution is -2.55. The van der Waals surface area contributed by atoms with Crippen molar-refractivity contribution >= 4 is 17.6 Å². The lowest BCUT2D eigenvalue weighted by molar-refractivity contribution is -0.148. The van der Waals surface area contributed by atoms with Crippen LogP contribution in [-0.4, -0.2) is 59.6 Å². The molecule has 3 aromatic rings. The molecule has 0 aromatic heterocycles. The first-order valence-corrected chi connectivity index (χ1v) is 14.7. The third-order valence-corrected chi connectivity index (χ3v) is 8.99. The van der Waals surface area contributed by atoms with Gasteiger partial charge in [0.15, 0.2) is 5.78 Å². The Bertz CT molecular complexity index is 1320. The van der Waals surface area contributed by atoms with Gasteiger partial charge in [-0.05, 0) is 24.0 Å². The second-order valence-electron chi connectivity index (χ2n) is 11.3. The summed E-state index contributed by atoms with van der Waals surface area (Å²) in [6, 6.07) is 27.8. The summed E-state index contributed by atoms with van der Waals surface area (Å²) >= 11 is 0. The molecule has 3 fully saturated rings. The molecule has 3 aliphatic rings. The molecule has 4 atom stereocenters. The van der Waals surface area contributed by atoms with Gasteiger partial charge in [-0.2, -0.15) is 0 Å². The summed E-state index contributed by atoms with van der Waals surface area (Å²) in [5.74, 6) is -1.24. The quantitative estimate of drug-likeness (QED) is 0.459. The Morgan fingerprint density at radius 2 is 1.23 bits per heavy atom. The van der Waals surface area contributed by atoms with Crippen molar-refractivity contribution in [1.82, 2.24) is 15.1 Å². The number of hydrogen-bond acceptors (Lipinski definition) is 4. The van der Waals surface area contributed by atoms with Gasteiger partial charge in [0.2, 0.25) is 11.8 Å². The zero-order chi connectivity index (χ0) is 27.5. The van der Waals surface area contributed by atoms with Crippen LogP contribution in [0.25, 0.3) is 0 Å². The Morgan fingerprint density at radius 3 is 1.82 bits per heavy atom. The normalized spacial score (nSPS) is 25.2. The van der Waals surface area contributed by atoms with Crippen LogP contribution in [0.5, 0.6) is 0 Å². The Morgan fingerprint density at radius 1 is 0.675 bits per heavy atom. The van der Waals surface area contributed by atoms with E-state index in [1.807, 2.05) is 101 Å². The second-order valence-corrected chi connectivity index (χ2v) is 11.3. The topological polar surface area (TPSA) is 69.7 Å². The van der Waals surface area contributed by atoms with E-state index in [4.69, 9.17) is 0 Å². The first-order valence-electron chi connectivity index (χ1n) is 14.7. The van der Waals surface area contributed by atoms with Gasteiger partial charge in [0.25, 0.3) is 0 Å². The molecule has 6 nitrogen and oxygen atoms in total. The van der Waals surface area contributed by atoms with E-state index >= 15 is 0 Å². The zero-order valence-electron chi connectivity index (χ0n) is 22.8. The van der Waals surface area contributed by atoms with Crippen LogP contribution in [0.3, 0.4) is 0 Å². The monoisotopic (exact) mass is 535 g/mol. The molecule has 1 aliphatic carbocycles. The van der Waals surface area contributed by atoms with Gasteiger partial charge in [-0.25, -0.2) is 0 Å². The maximum absolute atomic E-state index is 14.6. The fraction of sp³-hybridized carbons (Fsp3) is 0.382. The van der Waals surface area contributed by atoms with E-state index in [-0.39, 0.29) is 23.5 Å². The number of carbonyl (C=O) groups is 3. The third kappa shape index (κ3) is 4.97. The van der Waals surface area contributed by atoms with E-state index in [2.05, 4.69) is 5.32 Å². The lowest BCUT2D eigenvalue weighted by Gasteiger charge is -2.37. The number of carbonyl (C=O) groups excluding carboxylic acids is 3. The number of piperazine rings is 1. The summed E-state index contributed by atoms with van der Waals surface area (Å²) in [4.78, 5) is 47.5. The third-order valence-electron chi connectivity index (χ3n) is 8.99. The smallest absolute Gasteiger partial charge is 0.246 e. The minimum Gasteiger partial charge on any atom is -0.338 e. The van der Waals surface area contributed by atoms with Crippen molar-refractivity contribution in [3.8, 4) is 0 Å². The maximum atomic E-state index is 14.6. The standard InChI is InChI=1S/C34H37N3O3/c38-32(26-16-8-3-9-17-26)29-28(24-12-4-1-5-13-24)31(34(40)36-22-20-35-21-23-36)37(33(39)27-18-10-11-19-27)30(29)25-14-6-2-7-15-25/h1-9,12-17,27-31,35H,10-11,18-23H2. The predicted molar refractivity (Wildman–Crippen MR) is 155 cm³/mol. The molecule has 6 heteroatoms. The highest BCUT2D eigenvalue weighted by Crippen LogP contribution is 2.52. The molecule has 1 saturated carbocycles. The molecule has 40 heavy (non-hydrogen) atoms. The SMILES string of the molecule is O=C(c1ccccc1)C1C(c2ccccc2)C(C(=O)N2CCNCC2)N(C(=O)C2CCCC2)C1c1ccccc1. The van der Waals surface area contributed by atoms with Crippen molar-refractivity contribution < 1.29 is 14.4 Å². The molecule has 3 aromatic carbocycles. The number of Topliss-reactive ketones (excluding diaryl/α,β-unsaturated/α-hetero) is 1. The number of rotatable bonds is 6. The van der Waals surface area contributed by atoms with Crippen molar-refractivity contribution in [1.29, 1.82) is 0 Å². The number of benzene rings is 3. The molecule has 0 bridgehead atoms. The van der Waals surface area contributed by atoms with Gasteiger partial charge in [-0.3, -0.25) is 14.4 Å². The average Bonchev–Trinajstić information content (AvgIpc) is 3.69. The van der Waals surface area contributed by atoms with Crippen LogP contribution < -0.4 is 5.32 Å². The Balaban J connectivity index is 1.56. The fourth-order valence-corrected chi connectivity index (χ4v) is 7.10. The van der Waals surface area contributed by atoms with Crippen molar-refractivity contribution in [2.24, 2.45) is 11.8 Å². The number of amides is 2. The van der Waals surface area contributed by atoms with Crippen molar-refractivity contribution in [3.05, 3.63) is 108 Å². The van der Waals surface area contributed by atoms with Crippen LogP contribution in [0.1, 0.15) is 59.1 Å². The van der Waals surface area contributed by atoms with Crippen LogP contribution in [0.4, 0.5) is 0 Å². The molecule has 2 amide bonds. The van der Waals surface area contributed by atoms with Gasteiger partial charge in [0.05, 0.1) is 12.0 Å². The average molecular weight is 536 g/mol. The largest absolute Gasteiger partial charge is 0.338 e. The van der Waals surface area contributed by atoms with E-state index in [0.29, 0.717) is 18.7 Å². The Labute approximate surface area is 236 Å². The first-order chi connectivity index (χ1) is 19.6. The van der Waals surface area contributed by atoms with E-state index < -0.39 is 23.9 Å². The summed E-state index contributed by atoms with van der Waals surface area (Å²) in [7, 11) is 0. The number of nitrogens with zero attached hydrogens (tertiary/aromatic N) is 2. The Hall–Kier alpha value is -3.77. The predicted octanol–water partition coefficient (Wildman–Crippen LogP) is 4.84. The molecule has 6 rings (SSSR count). The minimum atomic E-state index is -0.753. The van der Waals surface area contributed by atoms with Gasteiger partial charge in [0, 0.05) is 43.6 Å². The summed E-state index contributed by atoms with van der Waals surface area (Å²) in [5.41, 5.74) is 2.44. The van der Waals surface area contributed by atoms with Gasteiger partial charge in [0.1, 0.15) is 6.04 Å². The molecule has 2 aliphatic heterocycles. The van der Waals surface area contributed by atoms with E-state index in [1.165, 1.54) is 0 Å². The second kappa shape index (κ2) is 11.8. The van der Waals surface area contributed by atoms with E-state index in [9.17, 15) is 14.4 Å². The molecule has 4 unspecified atom stereocenters. The van der Waals surface area contributed by atoms with Gasteiger partial charge in [-0.1, -0.05) is 104 Å². The van der Waals surface area contributed by atoms with Crippen LogP contribution >= 0.6 is 0 Å². The van der Waals surface area contributed by atoms with Gasteiger partial charge >= 0.3 is 0 Å². The fourth-order valence-electron chi connectivity index (χ4n) is 7.10. The number of hydrogen-bond donors (Lipinski definition) is 1. The van der Waals surface area contributed by atoms with Crippen LogP contribution in [0, 0.1) is 11.8 Å². The van der Waals surface area contributed by atoms with Gasteiger partial charge < -0.3 is 15.1 Å². The van der Waals surface area contributed by atoms with Crippen molar-refractivity contribution in [3.63, 3.8) is 0 Å². The van der Waals surface area contributed by atoms with Crippen LogP contribution in [0.2, 0.25) is 0 Å². The molecule has 1 N–H and O–H groups in total. The van der Waals surface area contributed by atoms with E-state index in [1.54, 1.807) is 0 Å². The number of nitrogens with one attached hydrogen (secondary N) is 1. The molecule has 2 heterocycles. The lowest BCUT2D eigenvalue weighted by atomic mass is 9.76. The first kappa shape index (κ1) is 26.5.